The van der Waals surface area contributed by atoms with E-state index in [1.54, 1.807) is 11.0 Å². The van der Waals surface area contributed by atoms with Crippen molar-refractivity contribution in [2.24, 2.45) is 0 Å². The summed E-state index contributed by atoms with van der Waals surface area (Å²) in [7, 11) is 0. The second-order valence-electron chi connectivity index (χ2n) is 6.12. The minimum atomic E-state index is -0.767. The Balaban J connectivity index is 1.67. The number of benzene rings is 2. The van der Waals surface area contributed by atoms with E-state index in [4.69, 9.17) is 0 Å². The topological polar surface area (TPSA) is 75.2 Å². The van der Waals surface area contributed by atoms with Gasteiger partial charge < -0.3 is 10.2 Å². The van der Waals surface area contributed by atoms with Crippen molar-refractivity contribution in [2.45, 2.75) is 12.6 Å². The van der Waals surface area contributed by atoms with Gasteiger partial charge in [0.25, 0.3) is 11.8 Å². The molecule has 134 valence electrons. The van der Waals surface area contributed by atoms with Crippen molar-refractivity contribution in [3.8, 4) is 0 Å². The van der Waals surface area contributed by atoms with E-state index in [1.165, 1.54) is 12.4 Å². The van der Waals surface area contributed by atoms with Crippen LogP contribution in [0.5, 0.6) is 0 Å². The van der Waals surface area contributed by atoms with Crippen LogP contribution >= 0.6 is 15.9 Å². The second kappa shape index (κ2) is 7.28. The predicted octanol–water partition coefficient (Wildman–Crippen LogP) is 3.57. The summed E-state index contributed by atoms with van der Waals surface area (Å²) in [4.78, 5) is 35.8. The number of aromatic nitrogens is 2. The smallest absolute Gasteiger partial charge is 0.255 e. The van der Waals surface area contributed by atoms with E-state index in [9.17, 15) is 9.59 Å². The lowest BCUT2D eigenvalue weighted by Crippen LogP contribution is -2.37. The third-order valence-corrected chi connectivity index (χ3v) is 4.81. The average molecular weight is 423 g/mol. The molecular weight excluding hydrogens is 408 g/mol. The first-order chi connectivity index (χ1) is 13.1. The van der Waals surface area contributed by atoms with E-state index >= 15 is 0 Å². The van der Waals surface area contributed by atoms with Crippen molar-refractivity contribution >= 4 is 33.6 Å². The van der Waals surface area contributed by atoms with Crippen LogP contribution in [0.15, 0.2) is 71.6 Å². The van der Waals surface area contributed by atoms with Gasteiger partial charge in [0.05, 0.1) is 12.4 Å². The monoisotopic (exact) mass is 422 g/mol. The standard InChI is InChI=1S/C20H15BrN4O2/c21-16-10-23-17(11-22-16)24-19(26)18(13-6-2-1-3-7-13)25-12-14-8-4-5-9-15(14)20(25)27/h1-11,18H,12H2,(H,23,24,26). The zero-order chi connectivity index (χ0) is 18.8. The minimum Gasteiger partial charge on any atom is -0.318 e. The highest BCUT2D eigenvalue weighted by molar-refractivity contribution is 9.10. The molecule has 1 aliphatic heterocycles. The van der Waals surface area contributed by atoms with Gasteiger partial charge in [-0.2, -0.15) is 0 Å². The molecule has 0 fully saturated rings. The third kappa shape index (κ3) is 3.46. The molecule has 1 aliphatic rings. The number of halogens is 1. The van der Waals surface area contributed by atoms with Gasteiger partial charge in [-0.05, 0) is 33.1 Å². The molecule has 2 heterocycles. The van der Waals surface area contributed by atoms with Gasteiger partial charge in [-0.25, -0.2) is 9.97 Å². The summed E-state index contributed by atoms with van der Waals surface area (Å²) >= 11 is 3.22. The molecule has 4 rings (SSSR count). The Labute approximate surface area is 164 Å². The maximum atomic E-state index is 13.1. The number of nitrogens with one attached hydrogen (secondary N) is 1. The van der Waals surface area contributed by atoms with Gasteiger partial charge in [0.1, 0.15) is 10.6 Å². The quantitative estimate of drug-likeness (QED) is 0.696. The van der Waals surface area contributed by atoms with Crippen LogP contribution < -0.4 is 5.32 Å². The summed E-state index contributed by atoms with van der Waals surface area (Å²) in [5.41, 5.74) is 2.29. The Bertz CT molecular complexity index is 992. The minimum absolute atomic E-state index is 0.156. The SMILES string of the molecule is O=C(Nc1cnc(Br)cn1)C(c1ccccc1)N1Cc2ccccc2C1=O. The lowest BCUT2D eigenvalue weighted by molar-refractivity contribution is -0.120. The summed E-state index contributed by atoms with van der Waals surface area (Å²) < 4.78 is 0.574. The number of amides is 2. The maximum absolute atomic E-state index is 13.1. The highest BCUT2D eigenvalue weighted by Gasteiger charge is 2.37. The highest BCUT2D eigenvalue weighted by atomic mass is 79.9. The Morgan fingerprint density at radius 1 is 1.04 bits per heavy atom. The zero-order valence-electron chi connectivity index (χ0n) is 14.2. The van der Waals surface area contributed by atoms with Gasteiger partial charge in [0.15, 0.2) is 5.82 Å². The summed E-state index contributed by atoms with van der Waals surface area (Å²) in [6.07, 6.45) is 2.97. The number of carbonyl (C=O) groups excluding carboxylic acids is 2. The van der Waals surface area contributed by atoms with Crippen molar-refractivity contribution < 1.29 is 9.59 Å². The molecule has 2 amide bonds. The van der Waals surface area contributed by atoms with Gasteiger partial charge >= 0.3 is 0 Å². The van der Waals surface area contributed by atoms with Gasteiger partial charge in [0.2, 0.25) is 0 Å². The lowest BCUT2D eigenvalue weighted by Gasteiger charge is -2.27. The predicted molar refractivity (Wildman–Crippen MR) is 104 cm³/mol. The van der Waals surface area contributed by atoms with Crippen molar-refractivity contribution in [1.29, 1.82) is 0 Å². The molecule has 0 saturated carbocycles. The molecule has 2 aromatic carbocycles. The maximum Gasteiger partial charge on any atom is 0.255 e. The van der Waals surface area contributed by atoms with Gasteiger partial charge in [-0.1, -0.05) is 48.5 Å². The number of hydrogen-bond donors (Lipinski definition) is 1. The second-order valence-corrected chi connectivity index (χ2v) is 6.93. The number of hydrogen-bond acceptors (Lipinski definition) is 4. The molecule has 0 saturated heterocycles. The van der Waals surface area contributed by atoms with Gasteiger partial charge in [-0.15, -0.1) is 0 Å². The summed E-state index contributed by atoms with van der Waals surface area (Å²) in [6, 6.07) is 15.9. The molecular formula is C20H15BrN4O2. The molecule has 1 atom stereocenters. The van der Waals surface area contributed by atoms with Crippen LogP contribution in [-0.2, 0) is 11.3 Å². The molecule has 1 N–H and O–H groups in total. The van der Waals surface area contributed by atoms with Gasteiger partial charge in [0, 0.05) is 12.1 Å². The Morgan fingerprint density at radius 2 is 1.78 bits per heavy atom. The van der Waals surface area contributed by atoms with Crippen LogP contribution in [0, 0.1) is 0 Å². The first-order valence-corrected chi connectivity index (χ1v) is 9.15. The molecule has 0 spiro atoms. The zero-order valence-corrected chi connectivity index (χ0v) is 15.8. The van der Waals surface area contributed by atoms with E-state index in [0.717, 1.165) is 11.1 Å². The molecule has 6 nitrogen and oxygen atoms in total. The molecule has 27 heavy (non-hydrogen) atoms. The Morgan fingerprint density at radius 3 is 2.48 bits per heavy atom. The number of carbonyl (C=O) groups is 2. The lowest BCUT2D eigenvalue weighted by atomic mass is 10.0. The highest BCUT2D eigenvalue weighted by Crippen LogP contribution is 2.32. The molecule has 0 bridgehead atoms. The first-order valence-electron chi connectivity index (χ1n) is 8.36. The first kappa shape index (κ1) is 17.4. The number of anilines is 1. The fourth-order valence-corrected chi connectivity index (χ4v) is 3.37. The molecule has 0 radical (unpaired) electrons. The van der Waals surface area contributed by atoms with Crippen LogP contribution in [0.1, 0.15) is 27.5 Å². The normalized spacial score (nSPS) is 14.0. The fraction of sp³-hybridized carbons (Fsp3) is 0.100. The summed E-state index contributed by atoms with van der Waals surface area (Å²) in [5, 5.41) is 2.76. The largest absolute Gasteiger partial charge is 0.318 e. The van der Waals surface area contributed by atoms with Crippen molar-refractivity contribution in [3.63, 3.8) is 0 Å². The summed E-state index contributed by atoms with van der Waals surface area (Å²) in [6.45, 7) is 0.383. The van der Waals surface area contributed by atoms with Crippen LogP contribution in [0.25, 0.3) is 0 Å². The van der Waals surface area contributed by atoms with Crippen molar-refractivity contribution in [2.75, 3.05) is 5.32 Å². The van der Waals surface area contributed by atoms with E-state index in [2.05, 4.69) is 31.2 Å². The van der Waals surface area contributed by atoms with Crippen molar-refractivity contribution in [1.82, 2.24) is 14.9 Å². The molecule has 3 aromatic rings. The van der Waals surface area contributed by atoms with E-state index in [0.29, 0.717) is 22.5 Å². The van der Waals surface area contributed by atoms with E-state index in [1.807, 2.05) is 48.5 Å². The number of nitrogens with zero attached hydrogens (tertiary/aromatic N) is 3. The average Bonchev–Trinajstić information content (AvgIpc) is 3.01. The van der Waals surface area contributed by atoms with Gasteiger partial charge in [-0.3, -0.25) is 9.59 Å². The molecule has 1 unspecified atom stereocenters. The Kier molecular flexibility index (Phi) is 4.68. The molecule has 0 aliphatic carbocycles. The van der Waals surface area contributed by atoms with E-state index < -0.39 is 6.04 Å². The van der Waals surface area contributed by atoms with Crippen LogP contribution in [0.2, 0.25) is 0 Å². The number of fused-ring (bicyclic) bond motifs is 1. The summed E-state index contributed by atoms with van der Waals surface area (Å²) in [5.74, 6) is -0.163. The molecule has 7 heteroatoms. The molecule has 1 aromatic heterocycles. The number of rotatable bonds is 4. The fourth-order valence-electron chi connectivity index (χ4n) is 3.17. The van der Waals surface area contributed by atoms with Crippen molar-refractivity contribution in [3.05, 3.63) is 88.3 Å². The van der Waals surface area contributed by atoms with Crippen LogP contribution in [0.3, 0.4) is 0 Å². The van der Waals surface area contributed by atoms with Crippen LogP contribution in [-0.4, -0.2) is 26.7 Å². The Hall–Kier alpha value is -3.06. The third-order valence-electron chi connectivity index (χ3n) is 4.40. The van der Waals surface area contributed by atoms with Crippen LogP contribution in [0.4, 0.5) is 5.82 Å². The van der Waals surface area contributed by atoms with E-state index in [-0.39, 0.29) is 11.8 Å².